The molecule has 59 heavy (non-hydrogen) atoms. The molecule has 21 heteroatoms. The lowest BCUT2D eigenvalue weighted by Gasteiger charge is -2.18. The number of fused-ring (bicyclic) bond motifs is 2. The first-order chi connectivity index (χ1) is 27.8. The van der Waals surface area contributed by atoms with Crippen LogP contribution in [0.15, 0.2) is 134 Å². The van der Waals surface area contributed by atoms with Gasteiger partial charge in [-0.1, -0.05) is 24.3 Å². The Morgan fingerprint density at radius 3 is 1.41 bits per heavy atom. The van der Waals surface area contributed by atoms with Crippen molar-refractivity contribution in [1.82, 2.24) is 39.2 Å². The molecule has 0 bridgehead atoms. The van der Waals surface area contributed by atoms with Gasteiger partial charge in [-0.25, -0.2) is 0 Å². The van der Waals surface area contributed by atoms with Crippen molar-refractivity contribution >= 4 is 22.9 Å². The minimum atomic E-state index is -4.66. The van der Waals surface area contributed by atoms with Crippen LogP contribution in [0.3, 0.4) is 0 Å². The Bertz CT molecular complexity index is 2640. The molecule has 0 amide bonds. The fourth-order valence-electron chi connectivity index (χ4n) is 5.16. The van der Waals surface area contributed by atoms with Gasteiger partial charge in [0.25, 0.3) is 0 Å². The van der Waals surface area contributed by atoms with Gasteiger partial charge in [0.15, 0.2) is 11.3 Å². The van der Waals surface area contributed by atoms with Crippen LogP contribution in [0.25, 0.3) is 33.5 Å². The van der Waals surface area contributed by atoms with Crippen LogP contribution >= 0.6 is 11.6 Å². The predicted molar refractivity (Wildman–Crippen MR) is 191 cm³/mol. The zero-order valence-electron chi connectivity index (χ0n) is 29.3. The molecule has 0 atom stereocenters. The van der Waals surface area contributed by atoms with Crippen LogP contribution in [0, 0.1) is 0 Å². The number of phenolic OH excluding ortho intramolecular Hbond substituents is 1. The van der Waals surface area contributed by atoms with Crippen LogP contribution in [-0.4, -0.2) is 44.3 Å². The molecule has 10 nitrogen and oxygen atoms in total. The molecule has 8 aromatic rings. The number of hydrogen-bond acceptors (Lipinski definition) is 8. The van der Waals surface area contributed by atoms with E-state index in [1.807, 2.05) is 0 Å². The van der Waals surface area contributed by atoms with Crippen LogP contribution in [0.4, 0.5) is 43.9 Å². The number of aromatic hydroxyl groups is 1. The van der Waals surface area contributed by atoms with Gasteiger partial charge >= 0.3 is 23.8 Å². The van der Waals surface area contributed by atoms with Gasteiger partial charge in [-0.3, -0.25) is 18.8 Å². The fraction of sp³-hybridized carbons (Fsp3) is 0.105. The van der Waals surface area contributed by atoms with Crippen molar-refractivity contribution in [1.29, 1.82) is 0 Å². The quantitative estimate of drug-likeness (QED) is 0.130. The summed E-state index contributed by atoms with van der Waals surface area (Å²) in [6.07, 6.45) is -5.34. The van der Waals surface area contributed by atoms with Gasteiger partial charge in [0.2, 0.25) is 11.6 Å². The molecule has 1 N–H and O–H groups in total. The third-order valence-corrected chi connectivity index (χ3v) is 8.17. The maximum atomic E-state index is 14.2. The van der Waals surface area contributed by atoms with Crippen molar-refractivity contribution in [2.24, 2.45) is 0 Å². The lowest BCUT2D eigenvalue weighted by molar-refractivity contribution is -0.185. The number of aromatic nitrogens is 8. The van der Waals surface area contributed by atoms with Gasteiger partial charge in [0.1, 0.15) is 11.5 Å². The number of pyridine rings is 4. The number of rotatable bonds is 6. The molecule has 0 aliphatic carbocycles. The van der Waals surface area contributed by atoms with Crippen LogP contribution in [0.1, 0.15) is 22.8 Å². The topological polar surface area (TPSA) is 116 Å². The molecule has 0 unspecified atom stereocenters. The molecule has 2 aromatic carbocycles. The van der Waals surface area contributed by atoms with E-state index in [9.17, 15) is 49.0 Å². The molecule has 0 radical (unpaired) electrons. The molecule has 6 heterocycles. The van der Waals surface area contributed by atoms with E-state index in [2.05, 4.69) is 30.4 Å². The van der Waals surface area contributed by atoms with E-state index < -0.39 is 41.1 Å². The Morgan fingerprint density at radius 1 is 0.508 bits per heavy atom. The Kier molecular flexibility index (Phi) is 11.7. The van der Waals surface area contributed by atoms with E-state index in [-0.39, 0.29) is 28.4 Å². The Labute approximate surface area is 330 Å². The first-order valence-corrected chi connectivity index (χ1v) is 16.9. The van der Waals surface area contributed by atoms with Crippen molar-refractivity contribution in [3.63, 3.8) is 0 Å². The fourth-order valence-corrected chi connectivity index (χ4v) is 5.29. The summed E-state index contributed by atoms with van der Waals surface area (Å²) in [6, 6.07) is 22.7. The molecule has 0 aliphatic heterocycles. The summed E-state index contributed by atoms with van der Waals surface area (Å²) in [7, 11) is 0. The SMILES string of the molecule is FC(F)(Cl)c1ccncc1.FC(F)(F)c1nnc2ccc(-c3ccc(OC(F)(F)c4cccnc4)cc3)cn12.Oc1ccc(-c2ccc3nnc(C(F)(F)F)n3c2)cc1. The lowest BCUT2D eigenvalue weighted by Crippen LogP contribution is -2.21. The molecular formula is C38H23ClF10N8O2. The average Bonchev–Trinajstić information content (AvgIpc) is 3.84. The second-order valence-corrected chi connectivity index (χ2v) is 12.5. The maximum Gasteiger partial charge on any atom is 0.452 e. The minimum Gasteiger partial charge on any atom is -0.508 e. The van der Waals surface area contributed by atoms with Gasteiger partial charge < -0.3 is 9.84 Å². The average molecular weight is 849 g/mol. The van der Waals surface area contributed by atoms with Crippen molar-refractivity contribution in [3.05, 3.63) is 157 Å². The summed E-state index contributed by atoms with van der Waals surface area (Å²) in [4.78, 5) is 7.21. The number of halogens is 11. The van der Waals surface area contributed by atoms with Gasteiger partial charge in [0, 0.05) is 42.7 Å². The van der Waals surface area contributed by atoms with Gasteiger partial charge in [-0.05, 0) is 107 Å². The highest BCUT2D eigenvalue weighted by molar-refractivity contribution is 6.21. The highest BCUT2D eigenvalue weighted by Gasteiger charge is 2.38. The molecule has 0 saturated carbocycles. The molecule has 0 aliphatic rings. The molecule has 6 aromatic heterocycles. The van der Waals surface area contributed by atoms with Crippen LogP contribution in [-0.2, 0) is 23.8 Å². The summed E-state index contributed by atoms with van der Waals surface area (Å²) in [5.74, 6) is -2.22. The van der Waals surface area contributed by atoms with E-state index in [0.29, 0.717) is 22.3 Å². The number of nitrogens with zero attached hydrogens (tertiary/aromatic N) is 8. The molecule has 0 fully saturated rings. The zero-order valence-corrected chi connectivity index (χ0v) is 30.0. The van der Waals surface area contributed by atoms with E-state index in [1.54, 1.807) is 24.3 Å². The minimum absolute atomic E-state index is 0.0390. The maximum absolute atomic E-state index is 14.2. The molecule has 8 rings (SSSR count). The molecule has 0 spiro atoms. The smallest absolute Gasteiger partial charge is 0.452 e. The monoisotopic (exact) mass is 848 g/mol. The van der Waals surface area contributed by atoms with E-state index in [0.717, 1.165) is 15.0 Å². The highest BCUT2D eigenvalue weighted by Crippen LogP contribution is 2.34. The second-order valence-electron chi connectivity index (χ2n) is 12.0. The Morgan fingerprint density at radius 2 is 0.983 bits per heavy atom. The van der Waals surface area contributed by atoms with E-state index in [4.69, 9.17) is 16.3 Å². The summed E-state index contributed by atoms with van der Waals surface area (Å²) in [5.41, 5.74) is 1.72. The molecule has 0 saturated heterocycles. The number of ether oxygens (including phenoxy) is 1. The van der Waals surface area contributed by atoms with Crippen molar-refractivity contribution in [2.45, 2.75) is 23.8 Å². The largest absolute Gasteiger partial charge is 0.508 e. The van der Waals surface area contributed by atoms with Crippen molar-refractivity contribution in [3.8, 4) is 33.8 Å². The van der Waals surface area contributed by atoms with E-state index >= 15 is 0 Å². The van der Waals surface area contributed by atoms with Crippen LogP contribution in [0.5, 0.6) is 11.5 Å². The van der Waals surface area contributed by atoms with Gasteiger partial charge in [0.05, 0.1) is 5.56 Å². The molecule has 304 valence electrons. The van der Waals surface area contributed by atoms with Crippen LogP contribution < -0.4 is 4.74 Å². The number of alkyl halides is 11. The predicted octanol–water partition coefficient (Wildman–Crippen LogP) is 10.4. The lowest BCUT2D eigenvalue weighted by atomic mass is 10.1. The zero-order chi connectivity index (χ0) is 42.6. The van der Waals surface area contributed by atoms with Gasteiger partial charge in [-0.2, -0.15) is 43.9 Å². The highest BCUT2D eigenvalue weighted by atomic mass is 35.5. The second kappa shape index (κ2) is 16.6. The first kappa shape index (κ1) is 41.8. The van der Waals surface area contributed by atoms with Crippen LogP contribution in [0.2, 0.25) is 0 Å². The number of benzene rings is 2. The van der Waals surface area contributed by atoms with Crippen molar-refractivity contribution in [2.75, 3.05) is 0 Å². The Balaban J connectivity index is 0.000000168. The summed E-state index contributed by atoms with van der Waals surface area (Å²) >= 11 is 4.70. The third-order valence-electron chi connectivity index (χ3n) is 7.95. The third kappa shape index (κ3) is 10.2. The Hall–Kier alpha value is -6.83. The number of phenols is 1. The standard InChI is InChI=1S/C19H11F5N4O.C13H8F3N3O.C6H4ClF2N/c20-18(21,22)17-27-26-16-8-5-13(11-28(16)17)12-3-6-15(7-4-12)29-19(23,24)14-2-1-9-25-10-14;14-13(15,16)12-18-17-11-6-3-9(7-19(11)12)8-1-4-10(20)5-2-8;7-6(8,9)5-1-3-10-4-2-5/h1-11H;1-7,20H;1-4H. The van der Waals surface area contributed by atoms with Gasteiger partial charge in [-0.15, -0.1) is 20.4 Å². The summed E-state index contributed by atoms with van der Waals surface area (Å²) < 4.78 is 137. The normalized spacial score (nSPS) is 12.1. The molecular weight excluding hydrogens is 826 g/mol. The number of hydrogen-bond donors (Lipinski definition) is 1. The summed E-state index contributed by atoms with van der Waals surface area (Å²) in [5, 5.41) is 19.2. The van der Waals surface area contributed by atoms with Crippen molar-refractivity contribution < 1.29 is 53.7 Å². The summed E-state index contributed by atoms with van der Waals surface area (Å²) in [6.45, 7) is 0. The van der Waals surface area contributed by atoms with E-state index in [1.165, 1.54) is 104 Å². The first-order valence-electron chi connectivity index (χ1n) is 16.5.